The first kappa shape index (κ1) is 12.4. The Morgan fingerprint density at radius 2 is 2.22 bits per heavy atom. The number of hydrogen-bond acceptors (Lipinski definition) is 3. The van der Waals surface area contributed by atoms with Crippen LogP contribution in [0.1, 0.15) is 25.7 Å². The third kappa shape index (κ3) is 2.69. The average molecular weight is 310 g/mol. The predicted octanol–water partition coefficient (Wildman–Crippen LogP) is 2.81. The number of halogens is 1. The quantitative estimate of drug-likeness (QED) is 0.910. The fraction of sp³-hybridized carbons (Fsp3) is 0.643. The Bertz CT molecular complexity index is 387. The van der Waals surface area contributed by atoms with Crippen LogP contribution in [-0.4, -0.2) is 30.7 Å². The zero-order valence-electron chi connectivity index (χ0n) is 10.6. The Morgan fingerprint density at radius 1 is 1.28 bits per heavy atom. The lowest BCUT2D eigenvalue weighted by Crippen LogP contribution is -2.43. The smallest absolute Gasteiger partial charge is 0.128 e. The summed E-state index contributed by atoms with van der Waals surface area (Å²) >= 11 is 3.44. The molecule has 2 unspecified atom stereocenters. The summed E-state index contributed by atoms with van der Waals surface area (Å²) in [6, 6.07) is 4.94. The molecule has 18 heavy (non-hydrogen) atoms. The van der Waals surface area contributed by atoms with Crippen molar-refractivity contribution in [3.8, 4) is 0 Å². The standard InChI is InChI=1S/C14H20BrN3/c15-12-5-6-14(17-9-12)18-8-2-3-11(10-18)13-4-1-7-16-13/h5-6,9,11,13,16H,1-4,7-8,10H2. The molecule has 98 valence electrons. The number of aromatic nitrogens is 1. The fourth-order valence-electron chi connectivity index (χ4n) is 3.22. The van der Waals surface area contributed by atoms with Crippen molar-refractivity contribution >= 4 is 21.7 Å². The van der Waals surface area contributed by atoms with Gasteiger partial charge in [0.2, 0.25) is 0 Å². The molecule has 0 saturated carbocycles. The largest absolute Gasteiger partial charge is 0.356 e. The maximum absolute atomic E-state index is 4.52. The van der Waals surface area contributed by atoms with Crippen molar-refractivity contribution in [2.24, 2.45) is 5.92 Å². The van der Waals surface area contributed by atoms with E-state index in [-0.39, 0.29) is 0 Å². The Balaban J connectivity index is 1.67. The van der Waals surface area contributed by atoms with Gasteiger partial charge in [-0.25, -0.2) is 4.98 Å². The number of nitrogens with one attached hydrogen (secondary N) is 1. The first-order valence-corrected chi connectivity index (χ1v) is 7.72. The molecular weight excluding hydrogens is 290 g/mol. The van der Waals surface area contributed by atoms with Crippen LogP contribution in [0.3, 0.4) is 0 Å². The van der Waals surface area contributed by atoms with E-state index in [0.29, 0.717) is 0 Å². The summed E-state index contributed by atoms with van der Waals surface area (Å²) < 4.78 is 1.05. The molecule has 1 N–H and O–H groups in total. The van der Waals surface area contributed by atoms with Crippen molar-refractivity contribution in [2.45, 2.75) is 31.7 Å². The van der Waals surface area contributed by atoms with Crippen LogP contribution in [0.25, 0.3) is 0 Å². The summed E-state index contributed by atoms with van der Waals surface area (Å²) in [7, 11) is 0. The summed E-state index contributed by atoms with van der Waals surface area (Å²) in [6.07, 6.45) is 7.25. The molecule has 1 aromatic heterocycles. The summed E-state index contributed by atoms with van der Waals surface area (Å²) in [5.41, 5.74) is 0. The second-order valence-electron chi connectivity index (χ2n) is 5.39. The van der Waals surface area contributed by atoms with Crippen LogP contribution in [0.5, 0.6) is 0 Å². The SMILES string of the molecule is Brc1ccc(N2CCCC(C3CCCN3)C2)nc1. The molecule has 0 amide bonds. The molecule has 3 rings (SSSR count). The first-order valence-electron chi connectivity index (χ1n) is 6.93. The van der Waals surface area contributed by atoms with Gasteiger partial charge in [-0.05, 0) is 66.2 Å². The molecule has 2 atom stereocenters. The highest BCUT2D eigenvalue weighted by Gasteiger charge is 2.29. The summed E-state index contributed by atoms with van der Waals surface area (Å²) in [5.74, 6) is 1.92. The maximum Gasteiger partial charge on any atom is 0.128 e. The molecule has 0 radical (unpaired) electrons. The van der Waals surface area contributed by atoms with Gasteiger partial charge in [0.05, 0.1) is 0 Å². The molecule has 2 saturated heterocycles. The molecule has 2 aliphatic rings. The molecule has 0 bridgehead atoms. The Morgan fingerprint density at radius 3 is 2.94 bits per heavy atom. The molecule has 3 nitrogen and oxygen atoms in total. The number of piperidine rings is 1. The molecule has 2 fully saturated rings. The van der Waals surface area contributed by atoms with Gasteiger partial charge >= 0.3 is 0 Å². The highest BCUT2D eigenvalue weighted by molar-refractivity contribution is 9.10. The lowest BCUT2D eigenvalue weighted by molar-refractivity contribution is 0.328. The molecular formula is C14H20BrN3. The van der Waals surface area contributed by atoms with Crippen molar-refractivity contribution in [3.05, 3.63) is 22.8 Å². The highest BCUT2D eigenvalue weighted by Crippen LogP contribution is 2.27. The van der Waals surface area contributed by atoms with Crippen LogP contribution in [0, 0.1) is 5.92 Å². The minimum atomic E-state index is 0.739. The van der Waals surface area contributed by atoms with E-state index in [1.54, 1.807) is 0 Å². The van der Waals surface area contributed by atoms with E-state index < -0.39 is 0 Å². The summed E-state index contributed by atoms with van der Waals surface area (Å²) in [5, 5.41) is 3.65. The van der Waals surface area contributed by atoms with Crippen LogP contribution >= 0.6 is 15.9 Å². The monoisotopic (exact) mass is 309 g/mol. The van der Waals surface area contributed by atoms with Crippen LogP contribution in [-0.2, 0) is 0 Å². The third-order valence-corrected chi connectivity index (χ3v) is 4.63. The summed E-state index contributed by atoms with van der Waals surface area (Å²) in [6.45, 7) is 3.52. The average Bonchev–Trinajstić information content (AvgIpc) is 2.94. The van der Waals surface area contributed by atoms with Crippen molar-refractivity contribution in [3.63, 3.8) is 0 Å². The molecule has 3 heterocycles. The zero-order valence-corrected chi connectivity index (χ0v) is 12.2. The minimum absolute atomic E-state index is 0.739. The third-order valence-electron chi connectivity index (χ3n) is 4.16. The Kier molecular flexibility index (Phi) is 3.85. The van der Waals surface area contributed by atoms with Gasteiger partial charge in [-0.2, -0.15) is 0 Å². The van der Waals surface area contributed by atoms with Gasteiger partial charge in [0.1, 0.15) is 5.82 Å². The topological polar surface area (TPSA) is 28.2 Å². The Labute approximate surface area is 117 Å². The number of rotatable bonds is 2. The van der Waals surface area contributed by atoms with Crippen molar-refractivity contribution < 1.29 is 0 Å². The number of anilines is 1. The molecule has 1 aromatic rings. The van der Waals surface area contributed by atoms with Crippen LogP contribution in [0.4, 0.5) is 5.82 Å². The number of hydrogen-bond donors (Lipinski definition) is 1. The number of nitrogens with zero attached hydrogens (tertiary/aromatic N) is 2. The van der Waals surface area contributed by atoms with Gasteiger partial charge in [-0.1, -0.05) is 0 Å². The van der Waals surface area contributed by atoms with Crippen LogP contribution < -0.4 is 10.2 Å². The van der Waals surface area contributed by atoms with Gasteiger partial charge in [0, 0.05) is 29.8 Å². The van der Waals surface area contributed by atoms with Gasteiger partial charge in [-0.15, -0.1) is 0 Å². The second-order valence-corrected chi connectivity index (χ2v) is 6.30. The molecule has 4 heteroatoms. The van der Waals surface area contributed by atoms with E-state index in [9.17, 15) is 0 Å². The lowest BCUT2D eigenvalue weighted by atomic mass is 9.90. The van der Waals surface area contributed by atoms with Gasteiger partial charge < -0.3 is 10.2 Å². The summed E-state index contributed by atoms with van der Waals surface area (Å²) in [4.78, 5) is 6.97. The van der Waals surface area contributed by atoms with Crippen molar-refractivity contribution in [1.82, 2.24) is 10.3 Å². The first-order chi connectivity index (χ1) is 8.83. The fourth-order valence-corrected chi connectivity index (χ4v) is 3.45. The van der Waals surface area contributed by atoms with E-state index in [1.807, 2.05) is 6.20 Å². The molecule has 2 aliphatic heterocycles. The lowest BCUT2D eigenvalue weighted by Gasteiger charge is -2.36. The van der Waals surface area contributed by atoms with Crippen LogP contribution in [0.15, 0.2) is 22.8 Å². The maximum atomic E-state index is 4.52. The van der Waals surface area contributed by atoms with E-state index in [1.165, 1.54) is 32.2 Å². The molecule has 0 spiro atoms. The van der Waals surface area contributed by atoms with E-state index >= 15 is 0 Å². The predicted molar refractivity (Wildman–Crippen MR) is 77.9 cm³/mol. The molecule has 0 aromatic carbocycles. The van der Waals surface area contributed by atoms with Crippen molar-refractivity contribution in [1.29, 1.82) is 0 Å². The number of pyridine rings is 1. The normalized spacial score (nSPS) is 28.6. The van der Waals surface area contributed by atoms with Gasteiger partial charge in [0.15, 0.2) is 0 Å². The Hall–Kier alpha value is -0.610. The second kappa shape index (κ2) is 5.57. The van der Waals surface area contributed by atoms with Crippen LogP contribution in [0.2, 0.25) is 0 Å². The van der Waals surface area contributed by atoms with E-state index in [0.717, 1.165) is 35.3 Å². The van der Waals surface area contributed by atoms with Gasteiger partial charge in [-0.3, -0.25) is 0 Å². The van der Waals surface area contributed by atoms with Crippen molar-refractivity contribution in [2.75, 3.05) is 24.5 Å². The zero-order chi connectivity index (χ0) is 12.4. The van der Waals surface area contributed by atoms with E-state index in [2.05, 4.69) is 43.3 Å². The highest BCUT2D eigenvalue weighted by atomic mass is 79.9. The minimum Gasteiger partial charge on any atom is -0.356 e. The van der Waals surface area contributed by atoms with Gasteiger partial charge in [0.25, 0.3) is 0 Å². The molecule has 0 aliphatic carbocycles. The van der Waals surface area contributed by atoms with E-state index in [4.69, 9.17) is 0 Å².